The molecule has 10 heavy (non-hydrogen) atoms. The van der Waals surface area contributed by atoms with Crippen molar-refractivity contribution in [3.05, 3.63) is 11.8 Å². The number of methoxy groups -OCH3 is 2. The summed E-state index contributed by atoms with van der Waals surface area (Å²) in [6, 6.07) is 0. The molecule has 0 N–H and O–H groups in total. The summed E-state index contributed by atoms with van der Waals surface area (Å²) in [7, 11) is 3.10. The maximum atomic E-state index is 10.7. The number of carbonyl (C=O) groups is 1. The minimum Gasteiger partial charge on any atom is -0.498 e. The molecule has 1 rings (SSSR count). The Labute approximate surface area is 59.6 Å². The van der Waals surface area contributed by atoms with Gasteiger partial charge in [0, 0.05) is 19.6 Å². The molecule has 0 aromatic carbocycles. The van der Waals surface area contributed by atoms with E-state index in [0.29, 0.717) is 12.2 Å². The molecule has 0 heterocycles. The maximum absolute atomic E-state index is 10.7. The highest BCUT2D eigenvalue weighted by Gasteiger charge is 2.24. The van der Waals surface area contributed by atoms with Gasteiger partial charge in [-0.2, -0.15) is 0 Å². The Morgan fingerprint density at radius 1 is 1.60 bits per heavy atom. The number of ketones is 1. The Balaban J connectivity index is 2.65. The summed E-state index contributed by atoms with van der Waals surface area (Å²) in [5, 5.41) is 0. The van der Waals surface area contributed by atoms with E-state index in [9.17, 15) is 4.79 Å². The molecule has 0 saturated heterocycles. The molecule has 0 bridgehead atoms. The quantitative estimate of drug-likeness (QED) is 0.563. The van der Waals surface area contributed by atoms with Gasteiger partial charge in [-0.1, -0.05) is 0 Å². The molecule has 0 aliphatic heterocycles. The van der Waals surface area contributed by atoms with Gasteiger partial charge in [-0.15, -0.1) is 0 Å². The number of allylic oxidation sites excluding steroid dienone is 1. The molecule has 1 unspecified atom stereocenters. The first-order chi connectivity index (χ1) is 4.77. The van der Waals surface area contributed by atoms with E-state index in [2.05, 4.69) is 0 Å². The zero-order valence-electron chi connectivity index (χ0n) is 6.09. The van der Waals surface area contributed by atoms with Crippen LogP contribution >= 0.6 is 0 Å². The first kappa shape index (κ1) is 7.28. The second-order valence-electron chi connectivity index (χ2n) is 2.15. The van der Waals surface area contributed by atoms with Gasteiger partial charge >= 0.3 is 0 Å². The SMILES string of the molecule is COC1=CC(=O)CC1OC. The minimum absolute atomic E-state index is 0.0729. The number of carbonyl (C=O) groups excluding carboxylic acids is 1. The minimum atomic E-state index is -0.155. The Morgan fingerprint density at radius 2 is 2.30 bits per heavy atom. The van der Waals surface area contributed by atoms with Crippen LogP contribution in [0.15, 0.2) is 11.8 Å². The predicted molar refractivity (Wildman–Crippen MR) is 35.5 cm³/mol. The van der Waals surface area contributed by atoms with E-state index < -0.39 is 0 Å². The smallest absolute Gasteiger partial charge is 0.162 e. The number of ether oxygens (including phenoxy) is 2. The first-order valence-corrected chi connectivity index (χ1v) is 3.09. The van der Waals surface area contributed by atoms with Crippen LogP contribution in [0.1, 0.15) is 6.42 Å². The lowest BCUT2D eigenvalue weighted by atomic mass is 10.3. The van der Waals surface area contributed by atoms with Gasteiger partial charge < -0.3 is 9.47 Å². The molecule has 1 aliphatic rings. The fraction of sp³-hybridized carbons (Fsp3) is 0.571. The lowest BCUT2D eigenvalue weighted by Crippen LogP contribution is -2.11. The zero-order valence-corrected chi connectivity index (χ0v) is 6.09. The third-order valence-electron chi connectivity index (χ3n) is 1.53. The molecule has 0 fully saturated rings. The Hall–Kier alpha value is -0.830. The molecule has 3 heteroatoms. The molecular weight excluding hydrogens is 132 g/mol. The van der Waals surface area contributed by atoms with Crippen molar-refractivity contribution < 1.29 is 14.3 Å². The Kier molecular flexibility index (Phi) is 2.06. The van der Waals surface area contributed by atoms with Gasteiger partial charge in [-0.05, 0) is 0 Å². The molecule has 3 nitrogen and oxygen atoms in total. The lowest BCUT2D eigenvalue weighted by Gasteiger charge is -2.09. The van der Waals surface area contributed by atoms with Crippen molar-refractivity contribution in [2.75, 3.05) is 14.2 Å². The van der Waals surface area contributed by atoms with Crippen LogP contribution in [0.2, 0.25) is 0 Å². The van der Waals surface area contributed by atoms with E-state index in [0.717, 1.165) is 0 Å². The van der Waals surface area contributed by atoms with Gasteiger partial charge in [-0.25, -0.2) is 0 Å². The van der Waals surface area contributed by atoms with Crippen molar-refractivity contribution in [3.63, 3.8) is 0 Å². The van der Waals surface area contributed by atoms with E-state index in [1.54, 1.807) is 7.11 Å². The van der Waals surface area contributed by atoms with Crippen molar-refractivity contribution in [1.82, 2.24) is 0 Å². The van der Waals surface area contributed by atoms with Gasteiger partial charge in [0.25, 0.3) is 0 Å². The van der Waals surface area contributed by atoms with E-state index in [1.165, 1.54) is 13.2 Å². The normalized spacial score (nSPS) is 24.8. The summed E-state index contributed by atoms with van der Waals surface area (Å²) in [5.41, 5.74) is 0. The molecule has 0 aromatic rings. The summed E-state index contributed by atoms with van der Waals surface area (Å²) in [6.45, 7) is 0. The van der Waals surface area contributed by atoms with Crippen LogP contribution in [-0.2, 0) is 14.3 Å². The summed E-state index contributed by atoms with van der Waals surface area (Å²) in [4.78, 5) is 10.7. The van der Waals surface area contributed by atoms with Crippen molar-refractivity contribution in [3.8, 4) is 0 Å². The topological polar surface area (TPSA) is 35.5 Å². The molecule has 0 spiro atoms. The lowest BCUT2D eigenvalue weighted by molar-refractivity contribution is -0.115. The highest BCUT2D eigenvalue weighted by Crippen LogP contribution is 2.18. The van der Waals surface area contributed by atoms with Crippen LogP contribution in [0, 0.1) is 0 Å². The van der Waals surface area contributed by atoms with Crippen molar-refractivity contribution in [1.29, 1.82) is 0 Å². The molecule has 1 aliphatic carbocycles. The van der Waals surface area contributed by atoms with Crippen LogP contribution < -0.4 is 0 Å². The number of hydrogen-bond acceptors (Lipinski definition) is 3. The summed E-state index contributed by atoms with van der Waals surface area (Å²) in [5.74, 6) is 0.705. The highest BCUT2D eigenvalue weighted by molar-refractivity contribution is 5.93. The average molecular weight is 142 g/mol. The predicted octanol–water partition coefficient (Wildman–Crippen LogP) is 0.504. The van der Waals surface area contributed by atoms with Crippen molar-refractivity contribution in [2.45, 2.75) is 12.5 Å². The van der Waals surface area contributed by atoms with Gasteiger partial charge in [-0.3, -0.25) is 4.79 Å². The summed E-state index contributed by atoms with van der Waals surface area (Å²) < 4.78 is 9.87. The first-order valence-electron chi connectivity index (χ1n) is 3.09. The number of rotatable bonds is 2. The van der Waals surface area contributed by atoms with Crippen LogP contribution in [0.3, 0.4) is 0 Å². The van der Waals surface area contributed by atoms with E-state index in [-0.39, 0.29) is 11.9 Å². The van der Waals surface area contributed by atoms with Gasteiger partial charge in [0.15, 0.2) is 5.78 Å². The van der Waals surface area contributed by atoms with Crippen molar-refractivity contribution >= 4 is 5.78 Å². The second kappa shape index (κ2) is 2.84. The van der Waals surface area contributed by atoms with E-state index in [1.807, 2.05) is 0 Å². The molecule has 0 amide bonds. The number of hydrogen-bond donors (Lipinski definition) is 0. The van der Waals surface area contributed by atoms with Crippen LogP contribution in [0.25, 0.3) is 0 Å². The summed E-state index contributed by atoms with van der Waals surface area (Å²) in [6.07, 6.45) is 1.74. The Bertz CT molecular complexity index is 172. The van der Waals surface area contributed by atoms with Gasteiger partial charge in [0.2, 0.25) is 0 Å². The third-order valence-corrected chi connectivity index (χ3v) is 1.53. The van der Waals surface area contributed by atoms with Gasteiger partial charge in [0.1, 0.15) is 11.9 Å². The zero-order chi connectivity index (χ0) is 7.56. The van der Waals surface area contributed by atoms with Crippen LogP contribution in [0.4, 0.5) is 0 Å². The molecular formula is C7H10O3. The highest BCUT2D eigenvalue weighted by atomic mass is 16.5. The van der Waals surface area contributed by atoms with Crippen LogP contribution in [0.5, 0.6) is 0 Å². The van der Waals surface area contributed by atoms with E-state index >= 15 is 0 Å². The monoisotopic (exact) mass is 142 g/mol. The molecule has 1 atom stereocenters. The fourth-order valence-electron chi connectivity index (χ4n) is 0.984. The molecule has 0 aromatic heterocycles. The summed E-state index contributed by atoms with van der Waals surface area (Å²) >= 11 is 0. The molecule has 0 radical (unpaired) electrons. The second-order valence-corrected chi connectivity index (χ2v) is 2.15. The van der Waals surface area contributed by atoms with E-state index in [4.69, 9.17) is 9.47 Å². The average Bonchev–Trinajstić information content (AvgIpc) is 2.30. The largest absolute Gasteiger partial charge is 0.498 e. The standard InChI is InChI=1S/C7H10O3/c1-9-6-3-5(8)4-7(6)10-2/h3,7H,4H2,1-2H3. The van der Waals surface area contributed by atoms with Gasteiger partial charge in [0.05, 0.1) is 7.11 Å². The fourth-order valence-corrected chi connectivity index (χ4v) is 0.984. The Morgan fingerprint density at radius 3 is 2.70 bits per heavy atom. The van der Waals surface area contributed by atoms with Crippen LogP contribution in [-0.4, -0.2) is 26.1 Å². The third kappa shape index (κ3) is 1.19. The van der Waals surface area contributed by atoms with Crippen molar-refractivity contribution in [2.24, 2.45) is 0 Å². The molecule has 56 valence electrons. The molecule has 0 saturated carbocycles. The maximum Gasteiger partial charge on any atom is 0.162 e.